The molecule has 0 spiro atoms. The molecular weight excluding hydrogens is 246 g/mol. The lowest BCUT2D eigenvalue weighted by Crippen LogP contribution is -3.21. The zero-order valence-corrected chi connectivity index (χ0v) is 12.8. The Morgan fingerprint density at radius 1 is 1.15 bits per heavy atom. The van der Waals surface area contributed by atoms with Crippen molar-refractivity contribution in [2.75, 3.05) is 26.2 Å². The number of piperidine rings is 2. The number of likely N-dealkylation sites (tertiary alicyclic amines) is 2. The number of nitrogens with one attached hydrogen (secondary N) is 2. The van der Waals surface area contributed by atoms with Gasteiger partial charge in [-0.3, -0.25) is 4.98 Å². The fourth-order valence-electron chi connectivity index (χ4n) is 4.07. The van der Waals surface area contributed by atoms with Crippen molar-refractivity contribution < 1.29 is 9.80 Å². The van der Waals surface area contributed by atoms with Gasteiger partial charge in [0.15, 0.2) is 0 Å². The number of pyridine rings is 1. The average Bonchev–Trinajstić information content (AvgIpc) is 2.49. The monoisotopic (exact) mass is 275 g/mol. The maximum atomic E-state index is 4.47. The molecule has 0 radical (unpaired) electrons. The van der Waals surface area contributed by atoms with E-state index in [0.29, 0.717) is 0 Å². The first-order valence-electron chi connectivity index (χ1n) is 8.39. The minimum absolute atomic E-state index is 0.935. The number of rotatable bonds is 3. The molecule has 20 heavy (non-hydrogen) atoms. The third-order valence-corrected chi connectivity index (χ3v) is 5.23. The summed E-state index contributed by atoms with van der Waals surface area (Å²) in [6.45, 7) is 9.04. The van der Waals surface area contributed by atoms with Crippen molar-refractivity contribution in [2.45, 2.75) is 45.2 Å². The Labute approximate surface area is 123 Å². The van der Waals surface area contributed by atoms with E-state index in [2.05, 4.69) is 24.0 Å². The van der Waals surface area contributed by atoms with Gasteiger partial charge in [-0.1, -0.05) is 13.0 Å². The Hall–Kier alpha value is -0.930. The van der Waals surface area contributed by atoms with E-state index >= 15 is 0 Å². The molecule has 110 valence electrons. The summed E-state index contributed by atoms with van der Waals surface area (Å²) in [6.07, 6.45) is 7.63. The standard InChI is InChI=1S/C17H27N3/c1-15-5-4-10-20(13-15)17-7-11-19(12-8-17)14-16-6-2-3-9-18-16/h2-3,6,9,15,17H,4-5,7-8,10-14H2,1H3/p+2/t15-/m0/s1. The summed E-state index contributed by atoms with van der Waals surface area (Å²) >= 11 is 0. The van der Waals surface area contributed by atoms with Crippen molar-refractivity contribution in [3.05, 3.63) is 30.1 Å². The number of nitrogens with zero attached hydrogens (tertiary/aromatic N) is 1. The van der Waals surface area contributed by atoms with Crippen LogP contribution in [0.2, 0.25) is 0 Å². The van der Waals surface area contributed by atoms with Crippen LogP contribution in [0.15, 0.2) is 24.4 Å². The van der Waals surface area contributed by atoms with Crippen LogP contribution in [-0.2, 0) is 6.54 Å². The summed E-state index contributed by atoms with van der Waals surface area (Å²) in [5, 5.41) is 0. The molecule has 0 aliphatic carbocycles. The van der Waals surface area contributed by atoms with E-state index in [1.54, 1.807) is 4.90 Å². The second kappa shape index (κ2) is 6.68. The predicted molar refractivity (Wildman–Crippen MR) is 80.8 cm³/mol. The molecule has 1 aromatic rings. The molecule has 1 unspecified atom stereocenters. The highest BCUT2D eigenvalue weighted by Crippen LogP contribution is 2.07. The van der Waals surface area contributed by atoms with Crippen LogP contribution in [0.25, 0.3) is 0 Å². The quantitative estimate of drug-likeness (QED) is 0.793. The summed E-state index contributed by atoms with van der Waals surface area (Å²) in [4.78, 5) is 8.10. The van der Waals surface area contributed by atoms with E-state index in [1.807, 2.05) is 17.2 Å². The van der Waals surface area contributed by atoms with E-state index in [0.717, 1.165) is 18.5 Å². The molecule has 2 aliphatic rings. The molecule has 2 saturated heterocycles. The van der Waals surface area contributed by atoms with Crippen LogP contribution < -0.4 is 9.80 Å². The smallest absolute Gasteiger partial charge is 0.120 e. The van der Waals surface area contributed by atoms with Gasteiger partial charge in [-0.25, -0.2) is 0 Å². The van der Waals surface area contributed by atoms with Crippen LogP contribution >= 0.6 is 0 Å². The second-order valence-electron chi connectivity index (χ2n) is 6.88. The molecule has 2 aliphatic heterocycles. The van der Waals surface area contributed by atoms with Crippen LogP contribution in [0.1, 0.15) is 38.3 Å². The summed E-state index contributed by atoms with van der Waals surface area (Å²) in [5.74, 6) is 0.942. The van der Waals surface area contributed by atoms with Gasteiger partial charge < -0.3 is 9.80 Å². The fraction of sp³-hybridized carbons (Fsp3) is 0.706. The lowest BCUT2D eigenvalue weighted by atomic mass is 9.95. The molecule has 0 aromatic carbocycles. The van der Waals surface area contributed by atoms with Gasteiger partial charge in [0.05, 0.1) is 37.9 Å². The van der Waals surface area contributed by atoms with E-state index in [1.165, 1.54) is 57.6 Å². The zero-order chi connectivity index (χ0) is 13.8. The maximum Gasteiger partial charge on any atom is 0.120 e. The Balaban J connectivity index is 1.47. The number of hydrogen-bond acceptors (Lipinski definition) is 1. The first-order valence-corrected chi connectivity index (χ1v) is 8.39. The lowest BCUT2D eigenvalue weighted by Gasteiger charge is -2.37. The van der Waals surface area contributed by atoms with Gasteiger partial charge in [0.2, 0.25) is 0 Å². The molecule has 3 nitrogen and oxygen atoms in total. The SMILES string of the molecule is C[C@H]1CCC[NH+](C2CC[NH+](Cc3ccccn3)CC2)C1. The van der Waals surface area contributed by atoms with Gasteiger partial charge in [-0.2, -0.15) is 0 Å². The molecule has 2 fully saturated rings. The lowest BCUT2D eigenvalue weighted by molar-refractivity contribution is -0.967. The van der Waals surface area contributed by atoms with Crippen LogP contribution in [0.5, 0.6) is 0 Å². The second-order valence-corrected chi connectivity index (χ2v) is 6.88. The molecule has 0 bridgehead atoms. The highest BCUT2D eigenvalue weighted by Gasteiger charge is 2.32. The molecular formula is C17H29N3+2. The van der Waals surface area contributed by atoms with Gasteiger partial charge in [0.1, 0.15) is 6.54 Å². The van der Waals surface area contributed by atoms with Crippen LogP contribution in [0, 0.1) is 5.92 Å². The van der Waals surface area contributed by atoms with Crippen molar-refractivity contribution in [3.63, 3.8) is 0 Å². The first-order chi connectivity index (χ1) is 9.81. The summed E-state index contributed by atoms with van der Waals surface area (Å²) < 4.78 is 0. The third kappa shape index (κ3) is 3.58. The first kappa shape index (κ1) is 14.0. The number of hydrogen-bond donors (Lipinski definition) is 2. The highest BCUT2D eigenvalue weighted by atomic mass is 15.2. The van der Waals surface area contributed by atoms with Crippen LogP contribution in [0.3, 0.4) is 0 Å². The normalized spacial score (nSPS) is 34.9. The summed E-state index contributed by atoms with van der Waals surface area (Å²) in [7, 11) is 0. The van der Waals surface area contributed by atoms with Crippen molar-refractivity contribution in [2.24, 2.45) is 5.92 Å². The number of aromatic nitrogens is 1. The largest absolute Gasteiger partial charge is 0.332 e. The molecule has 3 heterocycles. The van der Waals surface area contributed by atoms with Gasteiger partial charge in [-0.15, -0.1) is 0 Å². The molecule has 2 N–H and O–H groups in total. The molecule has 0 amide bonds. The Bertz CT molecular complexity index is 398. The van der Waals surface area contributed by atoms with Crippen LogP contribution in [-0.4, -0.2) is 37.2 Å². The predicted octanol–water partition coefficient (Wildman–Crippen LogP) is -0.0563. The van der Waals surface area contributed by atoms with Crippen molar-refractivity contribution in [1.29, 1.82) is 0 Å². The minimum Gasteiger partial charge on any atom is -0.332 e. The summed E-state index contributed by atoms with van der Waals surface area (Å²) in [6, 6.07) is 7.21. The molecule has 3 heteroatoms. The van der Waals surface area contributed by atoms with E-state index in [9.17, 15) is 0 Å². The molecule has 2 atom stereocenters. The van der Waals surface area contributed by atoms with Gasteiger partial charge >= 0.3 is 0 Å². The van der Waals surface area contributed by atoms with Crippen LogP contribution in [0.4, 0.5) is 0 Å². The van der Waals surface area contributed by atoms with Crippen molar-refractivity contribution >= 4 is 0 Å². The number of quaternary nitrogens is 2. The Morgan fingerprint density at radius 3 is 2.70 bits per heavy atom. The van der Waals surface area contributed by atoms with E-state index < -0.39 is 0 Å². The maximum absolute atomic E-state index is 4.47. The Kier molecular flexibility index (Phi) is 4.69. The van der Waals surface area contributed by atoms with Gasteiger partial charge in [-0.05, 0) is 25.0 Å². The minimum atomic E-state index is 0.935. The van der Waals surface area contributed by atoms with Gasteiger partial charge in [0, 0.05) is 25.0 Å². The molecule has 1 aromatic heterocycles. The van der Waals surface area contributed by atoms with Crippen molar-refractivity contribution in [3.8, 4) is 0 Å². The highest BCUT2D eigenvalue weighted by molar-refractivity contribution is 5.01. The fourth-order valence-corrected chi connectivity index (χ4v) is 4.07. The Morgan fingerprint density at radius 2 is 2.00 bits per heavy atom. The molecule has 0 saturated carbocycles. The average molecular weight is 275 g/mol. The van der Waals surface area contributed by atoms with E-state index in [-0.39, 0.29) is 0 Å². The summed E-state index contributed by atoms with van der Waals surface area (Å²) in [5.41, 5.74) is 1.25. The zero-order valence-electron chi connectivity index (χ0n) is 12.8. The van der Waals surface area contributed by atoms with Gasteiger partial charge in [0.25, 0.3) is 0 Å². The third-order valence-electron chi connectivity index (χ3n) is 5.23. The molecule has 3 rings (SSSR count). The van der Waals surface area contributed by atoms with Crippen molar-refractivity contribution in [1.82, 2.24) is 4.98 Å². The van der Waals surface area contributed by atoms with E-state index in [4.69, 9.17) is 0 Å². The topological polar surface area (TPSA) is 21.8 Å².